The Morgan fingerprint density at radius 3 is 1.48 bits per heavy atom. The standard InChI is InChI=1S/C66H38N6O/c67-39-40-25-30-58-48(35-40)46-15-3-5-19-54(46)70(58)43-28-32-62-53(38-43)66(51-17-11-33-68-64(51)65-52(66)18-12-34-69-65)50-29-26-42(37-63(50)73-62)41-27-31-59-49(36-41)47-16-4-8-22-57(47)72(59)61-24-10-9-23-60(61)71-55-20-6-1-13-44(55)45-14-2-7-21-56(45)71/h1-38H. The van der Waals surface area contributed by atoms with Crippen LogP contribution >= 0.6 is 0 Å². The molecule has 0 radical (unpaired) electrons. The fourth-order valence-corrected chi connectivity index (χ4v) is 12.7. The molecule has 0 fully saturated rings. The normalized spacial score (nSPS) is 13.1. The highest BCUT2D eigenvalue weighted by molar-refractivity contribution is 6.13. The molecule has 7 nitrogen and oxygen atoms in total. The van der Waals surface area contributed by atoms with Gasteiger partial charge in [-0.15, -0.1) is 0 Å². The van der Waals surface area contributed by atoms with Crippen LogP contribution in [0.15, 0.2) is 231 Å². The second-order valence-electron chi connectivity index (χ2n) is 19.2. The molecular weight excluding hydrogens is 893 g/mol. The minimum absolute atomic E-state index is 0.632. The second kappa shape index (κ2) is 14.8. The average molecular weight is 931 g/mol. The number of nitriles is 1. The van der Waals surface area contributed by atoms with E-state index in [0.717, 1.165) is 106 Å². The lowest BCUT2D eigenvalue weighted by Gasteiger charge is -2.39. The van der Waals surface area contributed by atoms with Crippen LogP contribution in [0, 0.1) is 11.3 Å². The van der Waals surface area contributed by atoms with Gasteiger partial charge in [0.1, 0.15) is 11.5 Å². The molecule has 1 aliphatic heterocycles. The van der Waals surface area contributed by atoms with Gasteiger partial charge in [-0.05, 0) is 125 Å². The number of hydrogen-bond donors (Lipinski definition) is 0. The van der Waals surface area contributed by atoms with E-state index < -0.39 is 5.41 Å². The molecule has 338 valence electrons. The van der Waals surface area contributed by atoms with Crippen molar-refractivity contribution in [3.63, 3.8) is 0 Å². The summed E-state index contributed by atoms with van der Waals surface area (Å²) in [6, 6.07) is 80.3. The summed E-state index contributed by atoms with van der Waals surface area (Å²) in [6.07, 6.45) is 3.72. The first-order valence-corrected chi connectivity index (χ1v) is 24.6. The van der Waals surface area contributed by atoms with Crippen molar-refractivity contribution in [3.8, 4) is 57.1 Å². The molecule has 7 heteroatoms. The lowest BCUT2D eigenvalue weighted by Crippen LogP contribution is -2.32. The van der Waals surface area contributed by atoms with Gasteiger partial charge in [0.25, 0.3) is 0 Å². The number of rotatable bonds is 4. The minimum atomic E-state index is -0.793. The third-order valence-electron chi connectivity index (χ3n) is 15.6. The zero-order valence-electron chi connectivity index (χ0n) is 39.0. The summed E-state index contributed by atoms with van der Waals surface area (Å²) in [6.45, 7) is 0. The van der Waals surface area contributed by atoms with E-state index >= 15 is 0 Å². The SMILES string of the molecule is N#Cc1ccc2c(c1)c1ccccc1n2-c1ccc2c(c1)C1(c3ccc(-c4ccc5c(c4)c4ccccc4n5-c4ccccc4-n4c5ccccc5c5ccccc54)cc3O2)c2cccnc2-c2ncccc21. The first kappa shape index (κ1) is 39.8. The van der Waals surface area contributed by atoms with Crippen LogP contribution in [0.4, 0.5) is 0 Å². The van der Waals surface area contributed by atoms with Crippen molar-refractivity contribution >= 4 is 65.4 Å². The number of pyridine rings is 2. The number of benzene rings is 9. The van der Waals surface area contributed by atoms with Crippen LogP contribution in [-0.4, -0.2) is 23.7 Å². The minimum Gasteiger partial charge on any atom is -0.457 e. The van der Waals surface area contributed by atoms with E-state index in [4.69, 9.17) is 14.7 Å². The Bertz CT molecular complexity index is 4660. The fraction of sp³-hybridized carbons (Fsp3) is 0.0152. The first-order valence-electron chi connectivity index (χ1n) is 24.6. The van der Waals surface area contributed by atoms with Crippen molar-refractivity contribution in [1.82, 2.24) is 23.7 Å². The van der Waals surface area contributed by atoms with E-state index in [9.17, 15) is 5.26 Å². The van der Waals surface area contributed by atoms with Crippen molar-refractivity contribution in [1.29, 1.82) is 5.26 Å². The van der Waals surface area contributed by atoms with Gasteiger partial charge in [0.15, 0.2) is 0 Å². The van der Waals surface area contributed by atoms with Gasteiger partial charge in [-0.1, -0.05) is 115 Å². The molecule has 5 aromatic heterocycles. The predicted octanol–water partition coefficient (Wildman–Crippen LogP) is 15.8. The predicted molar refractivity (Wildman–Crippen MR) is 293 cm³/mol. The molecule has 73 heavy (non-hydrogen) atoms. The van der Waals surface area contributed by atoms with Gasteiger partial charge in [0.05, 0.1) is 72.9 Å². The summed E-state index contributed by atoms with van der Waals surface area (Å²) in [5.41, 5.74) is 17.8. The Balaban J connectivity index is 0.884. The average Bonchev–Trinajstić information content (AvgIpc) is 4.17. The summed E-state index contributed by atoms with van der Waals surface area (Å²) in [5, 5.41) is 16.8. The van der Waals surface area contributed by atoms with Crippen LogP contribution in [0.1, 0.15) is 27.8 Å². The summed E-state index contributed by atoms with van der Waals surface area (Å²) < 4.78 is 14.3. The molecular formula is C66H38N6O. The van der Waals surface area contributed by atoms with Crippen LogP contribution in [0.5, 0.6) is 11.5 Å². The molecule has 16 rings (SSSR count). The maximum Gasteiger partial charge on any atom is 0.132 e. The van der Waals surface area contributed by atoms with Crippen LogP contribution in [-0.2, 0) is 5.41 Å². The summed E-state index contributed by atoms with van der Waals surface area (Å²) in [7, 11) is 0. The van der Waals surface area contributed by atoms with Crippen molar-refractivity contribution in [2.24, 2.45) is 0 Å². The Hall–Kier alpha value is -10.0. The highest BCUT2D eigenvalue weighted by Crippen LogP contribution is 2.62. The third kappa shape index (κ3) is 5.30. The van der Waals surface area contributed by atoms with E-state index in [2.05, 4.69) is 214 Å². The van der Waals surface area contributed by atoms with E-state index in [1.807, 2.05) is 36.7 Å². The molecule has 14 aromatic rings. The molecule has 0 saturated heterocycles. The van der Waals surface area contributed by atoms with Crippen LogP contribution in [0.3, 0.4) is 0 Å². The van der Waals surface area contributed by atoms with Gasteiger partial charge >= 0.3 is 0 Å². The van der Waals surface area contributed by atoms with E-state index in [-0.39, 0.29) is 0 Å². The topological polar surface area (TPSA) is 73.6 Å². The van der Waals surface area contributed by atoms with Crippen molar-refractivity contribution in [2.75, 3.05) is 0 Å². The van der Waals surface area contributed by atoms with Crippen molar-refractivity contribution in [3.05, 3.63) is 259 Å². The van der Waals surface area contributed by atoms with Crippen molar-refractivity contribution < 1.29 is 4.74 Å². The van der Waals surface area contributed by atoms with Crippen LogP contribution < -0.4 is 4.74 Å². The highest BCUT2D eigenvalue weighted by Gasteiger charge is 2.52. The molecule has 0 N–H and O–H groups in total. The molecule has 0 unspecified atom stereocenters. The number of para-hydroxylation sites is 6. The van der Waals surface area contributed by atoms with Gasteiger partial charge in [0.2, 0.25) is 0 Å². The number of fused-ring (bicyclic) bond motifs is 18. The summed E-state index contributed by atoms with van der Waals surface area (Å²) in [4.78, 5) is 10.0. The monoisotopic (exact) mass is 930 g/mol. The van der Waals surface area contributed by atoms with E-state index in [1.54, 1.807) is 0 Å². The maximum absolute atomic E-state index is 9.89. The van der Waals surface area contributed by atoms with E-state index in [0.29, 0.717) is 5.56 Å². The van der Waals surface area contributed by atoms with Crippen molar-refractivity contribution in [2.45, 2.75) is 5.41 Å². The molecule has 1 spiro atoms. The van der Waals surface area contributed by atoms with E-state index in [1.165, 1.54) is 32.6 Å². The number of nitrogens with zero attached hydrogens (tertiary/aromatic N) is 6. The second-order valence-corrected chi connectivity index (χ2v) is 19.2. The zero-order valence-corrected chi connectivity index (χ0v) is 39.0. The lowest BCUT2D eigenvalue weighted by atomic mass is 9.66. The van der Waals surface area contributed by atoms with Gasteiger partial charge in [-0.3, -0.25) is 9.97 Å². The highest BCUT2D eigenvalue weighted by atomic mass is 16.5. The first-order chi connectivity index (χ1) is 36.2. The van der Waals surface area contributed by atoms with Crippen LogP contribution in [0.2, 0.25) is 0 Å². The quantitative estimate of drug-likeness (QED) is 0.176. The van der Waals surface area contributed by atoms with Gasteiger partial charge in [-0.25, -0.2) is 0 Å². The molecule has 6 heterocycles. The lowest BCUT2D eigenvalue weighted by molar-refractivity contribution is 0.436. The summed E-state index contributed by atoms with van der Waals surface area (Å²) in [5.74, 6) is 1.56. The molecule has 0 saturated carbocycles. The largest absolute Gasteiger partial charge is 0.457 e. The number of aromatic nitrogens is 5. The zero-order chi connectivity index (χ0) is 47.9. The molecule has 0 amide bonds. The molecule has 2 aliphatic rings. The molecule has 0 atom stereocenters. The molecule has 9 aromatic carbocycles. The Kier molecular flexibility index (Phi) is 8.04. The van der Waals surface area contributed by atoms with Crippen LogP contribution in [0.25, 0.3) is 105 Å². The Labute approximate surface area is 418 Å². The maximum atomic E-state index is 9.89. The molecule has 0 bridgehead atoms. The Morgan fingerprint density at radius 2 is 0.863 bits per heavy atom. The number of hydrogen-bond acceptors (Lipinski definition) is 4. The molecule has 1 aliphatic carbocycles. The third-order valence-corrected chi connectivity index (χ3v) is 15.6. The summed E-state index contributed by atoms with van der Waals surface area (Å²) >= 11 is 0. The number of ether oxygens (including phenoxy) is 1. The van der Waals surface area contributed by atoms with Gasteiger partial charge in [-0.2, -0.15) is 5.26 Å². The van der Waals surface area contributed by atoms with Gasteiger partial charge in [0, 0.05) is 61.5 Å². The fourth-order valence-electron chi connectivity index (χ4n) is 12.7. The van der Waals surface area contributed by atoms with Gasteiger partial charge < -0.3 is 18.4 Å². The Morgan fingerprint density at radius 1 is 0.370 bits per heavy atom. The smallest absolute Gasteiger partial charge is 0.132 e.